The first-order valence-electron chi connectivity index (χ1n) is 7.83. The Kier molecular flexibility index (Phi) is 4.70. The predicted octanol–water partition coefficient (Wildman–Crippen LogP) is 3.36. The average Bonchev–Trinajstić information content (AvgIpc) is 3.02. The molecule has 24 heavy (non-hydrogen) atoms. The maximum Gasteiger partial charge on any atom is 0.259 e. The highest BCUT2D eigenvalue weighted by molar-refractivity contribution is 6.00. The van der Waals surface area contributed by atoms with Gasteiger partial charge in [-0.05, 0) is 31.0 Å². The van der Waals surface area contributed by atoms with Crippen molar-refractivity contribution in [2.24, 2.45) is 0 Å². The van der Waals surface area contributed by atoms with Crippen molar-refractivity contribution in [3.05, 3.63) is 71.7 Å². The number of carbonyl (C=O) groups excluding carboxylic acids is 1. The number of aryl methyl sites for hydroxylation is 1. The minimum Gasteiger partial charge on any atom is -0.355 e. The summed E-state index contributed by atoms with van der Waals surface area (Å²) in [6.07, 6.45) is 4.29. The van der Waals surface area contributed by atoms with Gasteiger partial charge in [0.05, 0.1) is 5.69 Å². The summed E-state index contributed by atoms with van der Waals surface area (Å²) in [7, 11) is 1.80. The molecule has 3 aromatic rings. The Morgan fingerprint density at radius 3 is 2.54 bits per heavy atom. The monoisotopic (exact) mass is 321 g/mol. The van der Waals surface area contributed by atoms with Gasteiger partial charge < -0.3 is 9.42 Å². The second-order valence-electron chi connectivity index (χ2n) is 5.67. The topological polar surface area (TPSA) is 59.2 Å². The quantitative estimate of drug-likeness (QED) is 0.723. The number of likely N-dealkylation sites (N-methyl/N-ethyl adjacent to an activating group) is 1. The lowest BCUT2D eigenvalue weighted by Crippen LogP contribution is -2.29. The highest BCUT2D eigenvalue weighted by Gasteiger charge is 2.24. The molecule has 0 radical (unpaired) electrons. The lowest BCUT2D eigenvalue weighted by atomic mass is 10.1. The van der Waals surface area contributed by atoms with E-state index in [0.717, 1.165) is 17.5 Å². The van der Waals surface area contributed by atoms with E-state index in [1.165, 1.54) is 0 Å². The van der Waals surface area contributed by atoms with Crippen molar-refractivity contribution in [3.63, 3.8) is 0 Å². The van der Waals surface area contributed by atoms with Gasteiger partial charge in [-0.15, -0.1) is 0 Å². The van der Waals surface area contributed by atoms with Crippen molar-refractivity contribution in [2.75, 3.05) is 13.6 Å². The fourth-order valence-electron chi connectivity index (χ4n) is 2.55. The fraction of sp³-hybridized carbons (Fsp3) is 0.211. The van der Waals surface area contributed by atoms with Gasteiger partial charge in [-0.2, -0.15) is 0 Å². The Labute approximate surface area is 140 Å². The Bertz CT molecular complexity index is 813. The third-order valence-corrected chi connectivity index (χ3v) is 3.94. The molecule has 0 aliphatic rings. The summed E-state index contributed by atoms with van der Waals surface area (Å²) in [6.45, 7) is 2.40. The van der Waals surface area contributed by atoms with Gasteiger partial charge in [0.25, 0.3) is 5.91 Å². The number of aromatic nitrogens is 2. The van der Waals surface area contributed by atoms with Crippen LogP contribution in [0.2, 0.25) is 0 Å². The highest BCUT2D eigenvalue weighted by Crippen LogP contribution is 2.27. The third kappa shape index (κ3) is 3.35. The Morgan fingerprint density at radius 1 is 1.12 bits per heavy atom. The Morgan fingerprint density at radius 2 is 1.83 bits per heavy atom. The van der Waals surface area contributed by atoms with Crippen LogP contribution in [0.5, 0.6) is 0 Å². The van der Waals surface area contributed by atoms with Crippen LogP contribution in [-0.2, 0) is 6.42 Å². The molecule has 5 nitrogen and oxygen atoms in total. The van der Waals surface area contributed by atoms with Gasteiger partial charge in [0.2, 0.25) is 0 Å². The van der Waals surface area contributed by atoms with Crippen molar-refractivity contribution < 1.29 is 9.32 Å². The van der Waals surface area contributed by atoms with Crippen LogP contribution in [0.4, 0.5) is 0 Å². The van der Waals surface area contributed by atoms with Gasteiger partial charge in [0, 0.05) is 31.5 Å². The first-order chi connectivity index (χ1) is 11.7. The van der Waals surface area contributed by atoms with Gasteiger partial charge >= 0.3 is 0 Å². The Hall–Kier alpha value is -2.95. The van der Waals surface area contributed by atoms with Gasteiger partial charge in [-0.3, -0.25) is 9.78 Å². The summed E-state index contributed by atoms with van der Waals surface area (Å²) in [6, 6.07) is 13.5. The molecule has 0 fully saturated rings. The van der Waals surface area contributed by atoms with Crippen molar-refractivity contribution in [1.29, 1.82) is 0 Å². The highest BCUT2D eigenvalue weighted by atomic mass is 16.5. The van der Waals surface area contributed by atoms with Gasteiger partial charge in [-0.1, -0.05) is 35.5 Å². The normalized spacial score (nSPS) is 10.6. The molecular weight excluding hydrogens is 302 g/mol. The number of benzene rings is 1. The first kappa shape index (κ1) is 15.9. The fourth-order valence-corrected chi connectivity index (χ4v) is 2.55. The molecule has 122 valence electrons. The summed E-state index contributed by atoms with van der Waals surface area (Å²) in [5, 5.41) is 3.98. The molecular formula is C19H19N3O2. The number of pyridine rings is 1. The predicted molar refractivity (Wildman–Crippen MR) is 91.6 cm³/mol. The summed E-state index contributed by atoms with van der Waals surface area (Å²) in [4.78, 5) is 18.6. The SMILES string of the molecule is Cc1noc(-c2ccccc2)c1C(=O)N(C)CCc1ccncc1. The maximum absolute atomic E-state index is 12.9. The molecule has 0 unspecified atom stereocenters. The molecule has 1 aromatic carbocycles. The first-order valence-corrected chi connectivity index (χ1v) is 7.83. The molecule has 0 saturated heterocycles. The van der Waals surface area contributed by atoms with Crippen LogP contribution >= 0.6 is 0 Å². The molecule has 5 heteroatoms. The molecule has 0 aliphatic carbocycles. The van der Waals surface area contributed by atoms with Gasteiger partial charge in [0.15, 0.2) is 5.76 Å². The maximum atomic E-state index is 12.9. The zero-order chi connectivity index (χ0) is 16.9. The van der Waals surface area contributed by atoms with Crippen LogP contribution in [0.1, 0.15) is 21.6 Å². The molecule has 0 aliphatic heterocycles. The van der Waals surface area contributed by atoms with Crippen LogP contribution in [0.15, 0.2) is 59.4 Å². The van der Waals surface area contributed by atoms with E-state index in [-0.39, 0.29) is 5.91 Å². The number of nitrogens with zero attached hydrogens (tertiary/aromatic N) is 3. The molecule has 2 heterocycles. The second-order valence-corrected chi connectivity index (χ2v) is 5.67. The average molecular weight is 321 g/mol. The smallest absolute Gasteiger partial charge is 0.259 e. The van der Waals surface area contributed by atoms with Gasteiger partial charge in [0.1, 0.15) is 5.56 Å². The number of hydrogen-bond donors (Lipinski definition) is 0. The van der Waals surface area contributed by atoms with Crippen LogP contribution in [0.3, 0.4) is 0 Å². The lowest BCUT2D eigenvalue weighted by Gasteiger charge is -2.17. The van der Waals surface area contributed by atoms with Crippen LogP contribution < -0.4 is 0 Å². The zero-order valence-electron chi connectivity index (χ0n) is 13.8. The number of amides is 1. The van der Waals surface area contributed by atoms with Gasteiger partial charge in [-0.25, -0.2) is 0 Å². The summed E-state index contributed by atoms with van der Waals surface area (Å²) < 4.78 is 5.41. The number of carbonyl (C=O) groups is 1. The Balaban J connectivity index is 1.78. The molecule has 3 rings (SSSR count). The van der Waals surface area contributed by atoms with Crippen LogP contribution in [0, 0.1) is 6.92 Å². The van der Waals surface area contributed by atoms with Crippen LogP contribution in [0.25, 0.3) is 11.3 Å². The molecule has 0 atom stereocenters. The minimum absolute atomic E-state index is 0.0818. The molecule has 2 aromatic heterocycles. The van der Waals surface area contributed by atoms with E-state index in [2.05, 4.69) is 10.1 Å². The molecule has 0 saturated carbocycles. The second kappa shape index (κ2) is 7.08. The summed E-state index contributed by atoms with van der Waals surface area (Å²) >= 11 is 0. The van der Waals surface area contributed by atoms with Crippen molar-refractivity contribution in [3.8, 4) is 11.3 Å². The van der Waals surface area contributed by atoms with Crippen molar-refractivity contribution in [2.45, 2.75) is 13.3 Å². The lowest BCUT2D eigenvalue weighted by molar-refractivity contribution is 0.0796. The molecule has 0 spiro atoms. The van der Waals surface area contributed by atoms with Crippen LogP contribution in [-0.4, -0.2) is 34.5 Å². The van der Waals surface area contributed by atoms with E-state index >= 15 is 0 Å². The van der Waals surface area contributed by atoms with E-state index in [4.69, 9.17) is 4.52 Å². The summed E-state index contributed by atoms with van der Waals surface area (Å²) in [5.74, 6) is 0.440. The van der Waals surface area contributed by atoms with E-state index in [1.54, 1.807) is 31.3 Å². The standard InChI is InChI=1S/C19H19N3O2/c1-14-17(18(24-21-14)16-6-4-3-5-7-16)19(23)22(2)13-10-15-8-11-20-12-9-15/h3-9,11-12H,10,13H2,1-2H3. The molecule has 1 amide bonds. The van der Waals surface area contributed by atoms with E-state index in [0.29, 0.717) is 23.6 Å². The van der Waals surface area contributed by atoms with Crippen molar-refractivity contribution in [1.82, 2.24) is 15.0 Å². The van der Waals surface area contributed by atoms with E-state index < -0.39 is 0 Å². The minimum atomic E-state index is -0.0818. The van der Waals surface area contributed by atoms with Crippen molar-refractivity contribution >= 4 is 5.91 Å². The third-order valence-electron chi connectivity index (χ3n) is 3.94. The van der Waals surface area contributed by atoms with E-state index in [1.807, 2.05) is 42.5 Å². The molecule has 0 N–H and O–H groups in total. The van der Waals surface area contributed by atoms with E-state index in [9.17, 15) is 4.79 Å². The molecule has 0 bridgehead atoms. The summed E-state index contributed by atoms with van der Waals surface area (Å²) in [5.41, 5.74) is 3.13. The number of rotatable bonds is 5. The number of hydrogen-bond acceptors (Lipinski definition) is 4. The zero-order valence-corrected chi connectivity index (χ0v) is 13.8. The largest absolute Gasteiger partial charge is 0.355 e.